The van der Waals surface area contributed by atoms with E-state index in [0.717, 1.165) is 16.6 Å². The first kappa shape index (κ1) is 27.6. The van der Waals surface area contributed by atoms with Gasteiger partial charge in [0.2, 0.25) is 0 Å². The van der Waals surface area contributed by atoms with E-state index >= 15 is 4.39 Å². The molecule has 4 aromatic heterocycles. The fraction of sp³-hybridized carbons (Fsp3) is 0.233. The number of ether oxygens (including phenoxy) is 2. The topological polar surface area (TPSA) is 117 Å². The van der Waals surface area contributed by atoms with Crippen LogP contribution in [0.5, 0.6) is 5.75 Å². The summed E-state index contributed by atoms with van der Waals surface area (Å²) in [5.74, 6) is 0.803. The van der Waals surface area contributed by atoms with Crippen LogP contribution < -0.4 is 15.7 Å². The summed E-state index contributed by atoms with van der Waals surface area (Å²) in [6, 6.07) is 10.5. The van der Waals surface area contributed by atoms with Gasteiger partial charge in [-0.3, -0.25) is 0 Å². The lowest BCUT2D eigenvalue weighted by molar-refractivity contribution is 0.0512. The van der Waals surface area contributed by atoms with Gasteiger partial charge in [0, 0.05) is 31.0 Å². The molecule has 12 heteroatoms. The van der Waals surface area contributed by atoms with E-state index in [1.54, 1.807) is 16.6 Å². The fourth-order valence-electron chi connectivity index (χ4n) is 5.08. The van der Waals surface area contributed by atoms with Gasteiger partial charge in [0.25, 0.3) is 0 Å². The number of rotatable bonds is 9. The third kappa shape index (κ3) is 4.92. The summed E-state index contributed by atoms with van der Waals surface area (Å²) >= 11 is 1.36. The second-order valence-corrected chi connectivity index (χ2v) is 10.4. The fourth-order valence-corrected chi connectivity index (χ4v) is 5.45. The molecule has 0 fully saturated rings. The Kier molecular flexibility index (Phi) is 7.48. The molecular formula is C30H27FN6O4S. The van der Waals surface area contributed by atoms with Crippen LogP contribution in [-0.4, -0.2) is 44.7 Å². The molecule has 0 bridgehead atoms. The lowest BCUT2D eigenvalue weighted by Crippen LogP contribution is -2.12. The summed E-state index contributed by atoms with van der Waals surface area (Å²) in [4.78, 5) is 27.1. The molecule has 0 aliphatic carbocycles. The van der Waals surface area contributed by atoms with Gasteiger partial charge in [-0.2, -0.15) is 5.10 Å². The quantitative estimate of drug-likeness (QED) is 0.127. The van der Waals surface area contributed by atoms with Gasteiger partial charge in [0.1, 0.15) is 34.9 Å². The SMILES string of the molecule is CCc1c(F)ccc2cc(OCOC)cc(-c3oc(=O)c4c(NCc5ccc6ncnn6c5)nc(SC)nc4c3C)c12. The van der Waals surface area contributed by atoms with Crippen LogP contribution >= 0.6 is 11.8 Å². The van der Waals surface area contributed by atoms with E-state index in [2.05, 4.69) is 20.4 Å². The molecule has 6 rings (SSSR count). The van der Waals surface area contributed by atoms with E-state index in [-0.39, 0.29) is 23.8 Å². The minimum Gasteiger partial charge on any atom is -0.468 e. The Morgan fingerprint density at radius 2 is 2.00 bits per heavy atom. The number of pyridine rings is 1. The lowest BCUT2D eigenvalue weighted by Gasteiger charge is -2.17. The number of thioether (sulfide) groups is 1. The molecule has 42 heavy (non-hydrogen) atoms. The minimum absolute atomic E-state index is 0.0244. The second kappa shape index (κ2) is 11.4. The van der Waals surface area contributed by atoms with Crippen molar-refractivity contribution in [2.75, 3.05) is 25.5 Å². The Morgan fingerprint density at radius 3 is 2.79 bits per heavy atom. The highest BCUT2D eigenvalue weighted by molar-refractivity contribution is 7.98. The van der Waals surface area contributed by atoms with Crippen LogP contribution in [-0.2, 0) is 17.7 Å². The van der Waals surface area contributed by atoms with Crippen molar-refractivity contribution in [1.82, 2.24) is 24.6 Å². The van der Waals surface area contributed by atoms with E-state index in [0.29, 0.717) is 57.3 Å². The van der Waals surface area contributed by atoms with Crippen molar-refractivity contribution in [3.05, 3.63) is 81.9 Å². The maximum Gasteiger partial charge on any atom is 0.349 e. The Bertz CT molecular complexity index is 2030. The van der Waals surface area contributed by atoms with Gasteiger partial charge in [-0.1, -0.05) is 30.8 Å². The first-order chi connectivity index (χ1) is 20.4. The Hall–Kier alpha value is -4.55. The molecule has 10 nitrogen and oxygen atoms in total. The van der Waals surface area contributed by atoms with Crippen molar-refractivity contribution in [3.8, 4) is 17.1 Å². The predicted molar refractivity (Wildman–Crippen MR) is 160 cm³/mol. The second-order valence-electron chi connectivity index (χ2n) is 9.58. The number of hydrogen-bond acceptors (Lipinski definition) is 10. The maximum absolute atomic E-state index is 15.0. The van der Waals surface area contributed by atoms with Crippen LogP contribution in [0.2, 0.25) is 0 Å². The third-order valence-electron chi connectivity index (χ3n) is 7.04. The van der Waals surface area contributed by atoms with Gasteiger partial charge in [0.15, 0.2) is 17.6 Å². The number of methoxy groups -OCH3 is 1. The van der Waals surface area contributed by atoms with Crippen molar-refractivity contribution in [2.45, 2.75) is 32.0 Å². The molecule has 0 saturated heterocycles. The van der Waals surface area contributed by atoms with Gasteiger partial charge < -0.3 is 19.2 Å². The summed E-state index contributed by atoms with van der Waals surface area (Å²) < 4.78 is 33.5. The molecule has 1 N–H and O–H groups in total. The Labute approximate surface area is 243 Å². The number of anilines is 1. The molecule has 0 unspecified atom stereocenters. The van der Waals surface area contributed by atoms with Crippen molar-refractivity contribution in [3.63, 3.8) is 0 Å². The molecule has 0 spiro atoms. The molecular weight excluding hydrogens is 559 g/mol. The number of nitrogens with zero attached hydrogens (tertiary/aromatic N) is 5. The van der Waals surface area contributed by atoms with Crippen molar-refractivity contribution < 1.29 is 18.3 Å². The molecule has 0 atom stereocenters. The molecule has 0 radical (unpaired) electrons. The molecule has 4 heterocycles. The predicted octanol–water partition coefficient (Wildman–Crippen LogP) is 5.77. The summed E-state index contributed by atoms with van der Waals surface area (Å²) in [5, 5.41) is 9.57. The first-order valence-corrected chi connectivity index (χ1v) is 14.4. The van der Waals surface area contributed by atoms with Crippen LogP contribution in [0.15, 0.2) is 63.3 Å². The average molecular weight is 587 g/mol. The zero-order valence-corrected chi connectivity index (χ0v) is 24.2. The van der Waals surface area contributed by atoms with E-state index in [9.17, 15) is 4.79 Å². The Morgan fingerprint density at radius 1 is 1.14 bits per heavy atom. The molecule has 0 saturated carbocycles. The number of fused-ring (bicyclic) bond motifs is 3. The van der Waals surface area contributed by atoms with Crippen molar-refractivity contribution in [2.24, 2.45) is 0 Å². The zero-order chi connectivity index (χ0) is 29.4. The summed E-state index contributed by atoms with van der Waals surface area (Å²) in [6.07, 6.45) is 5.65. The highest BCUT2D eigenvalue weighted by atomic mass is 32.2. The average Bonchev–Trinajstić information content (AvgIpc) is 3.48. The van der Waals surface area contributed by atoms with Gasteiger partial charge in [-0.25, -0.2) is 28.7 Å². The largest absolute Gasteiger partial charge is 0.468 e. The van der Waals surface area contributed by atoms with Crippen LogP contribution in [0.4, 0.5) is 10.2 Å². The van der Waals surface area contributed by atoms with Crippen molar-refractivity contribution >= 4 is 44.9 Å². The van der Waals surface area contributed by atoms with Crippen LogP contribution in [0, 0.1) is 12.7 Å². The third-order valence-corrected chi connectivity index (χ3v) is 7.59. The number of nitrogens with one attached hydrogen (secondary N) is 1. The smallest absolute Gasteiger partial charge is 0.349 e. The maximum atomic E-state index is 15.0. The summed E-state index contributed by atoms with van der Waals surface area (Å²) in [5.41, 5.74) is 3.14. The monoisotopic (exact) mass is 586 g/mol. The standard InChI is InChI=1S/C30H27FN6O4S/c1-5-20-22(31)8-7-18-10-19(40-15-39-3)11-21(24(18)20)27-16(2)26-25(29(38)41-27)28(36-30(35-26)42-4)32-12-17-6-9-23-33-14-34-37(23)13-17/h6-11,13-14H,5,12,15H2,1-4H3,(H,32,35,36). The van der Waals surface area contributed by atoms with E-state index in [4.69, 9.17) is 18.9 Å². The molecule has 0 aliphatic heterocycles. The highest BCUT2D eigenvalue weighted by Crippen LogP contribution is 2.39. The van der Waals surface area contributed by atoms with Crippen LogP contribution in [0.3, 0.4) is 0 Å². The zero-order valence-electron chi connectivity index (χ0n) is 23.4. The molecule has 2 aromatic carbocycles. The molecule has 0 aliphatic rings. The van der Waals surface area contributed by atoms with Gasteiger partial charge in [-0.05, 0) is 65.8 Å². The number of benzene rings is 2. The van der Waals surface area contributed by atoms with Gasteiger partial charge >= 0.3 is 5.63 Å². The highest BCUT2D eigenvalue weighted by Gasteiger charge is 2.23. The first-order valence-electron chi connectivity index (χ1n) is 13.2. The number of hydrogen-bond donors (Lipinski definition) is 1. The lowest BCUT2D eigenvalue weighted by atomic mass is 9.93. The van der Waals surface area contributed by atoms with E-state index in [1.165, 1.54) is 31.3 Å². The van der Waals surface area contributed by atoms with E-state index < -0.39 is 5.63 Å². The molecule has 6 aromatic rings. The van der Waals surface area contributed by atoms with Gasteiger partial charge in [0.05, 0.1) is 5.52 Å². The van der Waals surface area contributed by atoms with Crippen LogP contribution in [0.25, 0.3) is 38.6 Å². The van der Waals surface area contributed by atoms with E-state index in [1.807, 2.05) is 44.5 Å². The summed E-state index contributed by atoms with van der Waals surface area (Å²) in [7, 11) is 1.53. The number of halogens is 1. The van der Waals surface area contributed by atoms with Gasteiger partial charge in [-0.15, -0.1) is 0 Å². The Balaban J connectivity index is 1.53. The minimum atomic E-state index is -0.613. The van der Waals surface area contributed by atoms with Crippen molar-refractivity contribution in [1.29, 1.82) is 0 Å². The number of aryl methyl sites for hydroxylation is 2. The molecule has 214 valence electrons. The van der Waals surface area contributed by atoms with Crippen LogP contribution in [0.1, 0.15) is 23.6 Å². The number of aromatic nitrogens is 5. The molecule has 0 amide bonds. The summed E-state index contributed by atoms with van der Waals surface area (Å²) in [6.45, 7) is 4.12. The normalized spacial score (nSPS) is 11.5.